The number of nitrogens with one attached hydrogen (secondary N) is 1. The summed E-state index contributed by atoms with van der Waals surface area (Å²) in [6.45, 7) is 2.16. The Hall–Kier alpha value is -0.910. The largest absolute Gasteiger partial charge is 0.271 e. The Kier molecular flexibility index (Phi) is 4.74. The minimum atomic E-state index is 0.0469. The number of benzene rings is 2. The molecule has 2 nitrogen and oxygen atoms in total. The van der Waals surface area contributed by atoms with Crippen molar-refractivity contribution in [2.45, 2.75) is 19.4 Å². The van der Waals surface area contributed by atoms with Crippen molar-refractivity contribution in [1.29, 1.82) is 0 Å². The zero-order valence-corrected chi connectivity index (χ0v) is 12.5. The van der Waals surface area contributed by atoms with Gasteiger partial charge >= 0.3 is 0 Å². The molecular weight excluding hydrogens is 335 g/mol. The predicted octanol–water partition coefficient (Wildman–Crippen LogP) is 3.41. The maximum absolute atomic E-state index is 5.71. The van der Waals surface area contributed by atoms with Crippen LogP contribution in [0.4, 0.5) is 0 Å². The minimum Gasteiger partial charge on any atom is -0.271 e. The second-order valence-electron chi connectivity index (χ2n) is 4.25. The summed E-state index contributed by atoms with van der Waals surface area (Å²) in [5, 5.41) is 0. The van der Waals surface area contributed by atoms with Gasteiger partial charge in [-0.1, -0.05) is 43.3 Å². The third-order valence-electron chi connectivity index (χ3n) is 3.07. The lowest BCUT2D eigenvalue weighted by Crippen LogP contribution is -2.28. The summed E-state index contributed by atoms with van der Waals surface area (Å²) in [5.41, 5.74) is 6.62. The Bertz CT molecular complexity index is 508. The van der Waals surface area contributed by atoms with Crippen LogP contribution in [-0.2, 0) is 6.42 Å². The normalized spacial score (nSPS) is 12.4. The molecule has 18 heavy (non-hydrogen) atoms. The van der Waals surface area contributed by atoms with E-state index >= 15 is 0 Å². The molecule has 0 aliphatic rings. The van der Waals surface area contributed by atoms with Crippen molar-refractivity contribution >= 4 is 22.6 Å². The summed E-state index contributed by atoms with van der Waals surface area (Å²) < 4.78 is 1.22. The van der Waals surface area contributed by atoms with Crippen LogP contribution in [0, 0.1) is 3.57 Å². The highest BCUT2D eigenvalue weighted by atomic mass is 127. The number of hydrogen-bond donors (Lipinski definition) is 2. The Morgan fingerprint density at radius 2 is 1.83 bits per heavy atom. The van der Waals surface area contributed by atoms with E-state index in [2.05, 4.69) is 83.5 Å². The Balaban J connectivity index is 2.32. The summed E-state index contributed by atoms with van der Waals surface area (Å²) in [6.07, 6.45) is 1.06. The van der Waals surface area contributed by atoms with E-state index in [1.165, 1.54) is 20.3 Å². The summed E-state index contributed by atoms with van der Waals surface area (Å²) in [4.78, 5) is 0. The van der Waals surface area contributed by atoms with Gasteiger partial charge in [-0.05, 0) is 57.8 Å². The molecule has 1 atom stereocenters. The molecular formula is C15H17IN2. The fraction of sp³-hybridized carbons (Fsp3) is 0.200. The second-order valence-corrected chi connectivity index (χ2v) is 5.50. The predicted molar refractivity (Wildman–Crippen MR) is 84.1 cm³/mol. The summed E-state index contributed by atoms with van der Waals surface area (Å²) in [6, 6.07) is 17.0. The molecule has 0 radical (unpaired) electrons. The van der Waals surface area contributed by atoms with Gasteiger partial charge in [-0.25, -0.2) is 5.43 Å². The van der Waals surface area contributed by atoms with E-state index in [9.17, 15) is 0 Å². The number of halogens is 1. The Morgan fingerprint density at radius 3 is 2.39 bits per heavy atom. The van der Waals surface area contributed by atoms with Crippen LogP contribution in [-0.4, -0.2) is 0 Å². The highest BCUT2D eigenvalue weighted by Crippen LogP contribution is 2.23. The average Bonchev–Trinajstić information content (AvgIpc) is 2.40. The summed E-state index contributed by atoms with van der Waals surface area (Å²) >= 11 is 2.32. The Morgan fingerprint density at radius 1 is 1.11 bits per heavy atom. The van der Waals surface area contributed by atoms with Gasteiger partial charge in [0.25, 0.3) is 0 Å². The minimum absolute atomic E-state index is 0.0469. The fourth-order valence-electron chi connectivity index (χ4n) is 2.02. The number of rotatable bonds is 4. The van der Waals surface area contributed by atoms with Crippen LogP contribution in [0.3, 0.4) is 0 Å². The van der Waals surface area contributed by atoms with Gasteiger partial charge in [-0.2, -0.15) is 0 Å². The Labute approximate surface area is 122 Å². The summed E-state index contributed by atoms with van der Waals surface area (Å²) in [7, 11) is 0. The van der Waals surface area contributed by atoms with Gasteiger partial charge in [0.05, 0.1) is 6.04 Å². The molecule has 0 heterocycles. The van der Waals surface area contributed by atoms with Crippen LogP contribution in [0.25, 0.3) is 0 Å². The molecule has 0 saturated heterocycles. The van der Waals surface area contributed by atoms with Crippen LogP contribution in [0.15, 0.2) is 48.5 Å². The van der Waals surface area contributed by atoms with Gasteiger partial charge in [-0.15, -0.1) is 0 Å². The van der Waals surface area contributed by atoms with Crippen molar-refractivity contribution in [3.63, 3.8) is 0 Å². The van der Waals surface area contributed by atoms with Gasteiger partial charge in [-0.3, -0.25) is 5.84 Å². The molecule has 0 fully saturated rings. The van der Waals surface area contributed by atoms with Crippen LogP contribution < -0.4 is 11.3 Å². The molecule has 0 bridgehead atoms. The highest BCUT2D eigenvalue weighted by molar-refractivity contribution is 14.1. The highest BCUT2D eigenvalue weighted by Gasteiger charge is 2.12. The molecule has 3 N–H and O–H groups in total. The van der Waals surface area contributed by atoms with Crippen molar-refractivity contribution in [2.24, 2.45) is 5.84 Å². The smallest absolute Gasteiger partial charge is 0.0710 e. The number of hydrazine groups is 1. The zero-order valence-electron chi connectivity index (χ0n) is 10.4. The third-order valence-corrected chi connectivity index (χ3v) is 3.74. The van der Waals surface area contributed by atoms with Crippen LogP contribution in [0.2, 0.25) is 0 Å². The molecule has 1 unspecified atom stereocenters. The molecule has 2 aromatic carbocycles. The quantitative estimate of drug-likeness (QED) is 0.503. The molecule has 0 aromatic heterocycles. The van der Waals surface area contributed by atoms with Crippen LogP contribution in [0.1, 0.15) is 29.7 Å². The van der Waals surface area contributed by atoms with Gasteiger partial charge in [0.1, 0.15) is 0 Å². The molecule has 0 aliphatic carbocycles. The van der Waals surface area contributed by atoms with E-state index in [4.69, 9.17) is 5.84 Å². The first-order valence-electron chi connectivity index (χ1n) is 6.05. The van der Waals surface area contributed by atoms with E-state index in [0.717, 1.165) is 6.42 Å². The molecule has 2 aromatic rings. The summed E-state index contributed by atoms with van der Waals surface area (Å²) in [5.74, 6) is 5.71. The molecule has 0 saturated carbocycles. The maximum atomic E-state index is 5.71. The van der Waals surface area contributed by atoms with E-state index in [-0.39, 0.29) is 6.04 Å². The standard InChI is InChI=1S/C15H17IN2/c1-2-11-6-8-12(9-7-11)15(18-17)13-4-3-5-14(16)10-13/h3-10,15,18H,2,17H2,1H3. The van der Waals surface area contributed by atoms with Gasteiger partial charge in [0.15, 0.2) is 0 Å². The van der Waals surface area contributed by atoms with Crippen molar-refractivity contribution in [2.75, 3.05) is 0 Å². The van der Waals surface area contributed by atoms with E-state index in [1.807, 2.05) is 0 Å². The fourth-order valence-corrected chi connectivity index (χ4v) is 2.58. The molecule has 0 amide bonds. The van der Waals surface area contributed by atoms with Crippen molar-refractivity contribution < 1.29 is 0 Å². The second kappa shape index (κ2) is 6.31. The lowest BCUT2D eigenvalue weighted by molar-refractivity contribution is 0.636. The molecule has 0 aliphatic heterocycles. The molecule has 3 heteroatoms. The van der Waals surface area contributed by atoms with Gasteiger partial charge in [0, 0.05) is 3.57 Å². The first-order valence-corrected chi connectivity index (χ1v) is 7.13. The zero-order chi connectivity index (χ0) is 13.0. The first kappa shape index (κ1) is 13.5. The van der Waals surface area contributed by atoms with Crippen LogP contribution in [0.5, 0.6) is 0 Å². The number of aryl methyl sites for hydroxylation is 1. The van der Waals surface area contributed by atoms with Crippen molar-refractivity contribution in [1.82, 2.24) is 5.43 Å². The van der Waals surface area contributed by atoms with Crippen molar-refractivity contribution in [3.05, 3.63) is 68.8 Å². The maximum Gasteiger partial charge on any atom is 0.0710 e. The van der Waals surface area contributed by atoms with E-state index in [1.54, 1.807) is 0 Å². The topological polar surface area (TPSA) is 38.0 Å². The lowest BCUT2D eigenvalue weighted by Gasteiger charge is -2.17. The van der Waals surface area contributed by atoms with E-state index in [0.29, 0.717) is 0 Å². The third kappa shape index (κ3) is 3.10. The molecule has 2 rings (SSSR count). The molecule has 0 spiro atoms. The number of nitrogens with two attached hydrogens (primary N) is 1. The first-order chi connectivity index (χ1) is 8.74. The lowest BCUT2D eigenvalue weighted by atomic mass is 9.98. The van der Waals surface area contributed by atoms with Crippen molar-refractivity contribution in [3.8, 4) is 0 Å². The van der Waals surface area contributed by atoms with Gasteiger partial charge < -0.3 is 0 Å². The monoisotopic (exact) mass is 352 g/mol. The van der Waals surface area contributed by atoms with Crippen LogP contribution >= 0.6 is 22.6 Å². The van der Waals surface area contributed by atoms with E-state index < -0.39 is 0 Å². The average molecular weight is 352 g/mol. The number of hydrogen-bond acceptors (Lipinski definition) is 2. The van der Waals surface area contributed by atoms with Gasteiger partial charge in [0.2, 0.25) is 0 Å². The SMILES string of the molecule is CCc1ccc(C(NN)c2cccc(I)c2)cc1. The molecule has 94 valence electrons.